The fourth-order valence-corrected chi connectivity index (χ4v) is 3.57. The number of aromatic nitrogens is 5. The highest BCUT2D eigenvalue weighted by molar-refractivity contribution is 5.81. The standard InChI is InChI=1S/C20H16N6O/c1-25-12-16(11-23-25)26-18-7-17(4-2-15(18)10-24-26)27-19-5-3-14-6-13(8-21)9-22-20(14)19/h2,4,6-7,9-12,19H,3,5H2,1H3. The van der Waals surface area contributed by atoms with E-state index in [-0.39, 0.29) is 6.10 Å². The zero-order valence-corrected chi connectivity index (χ0v) is 14.7. The van der Waals surface area contributed by atoms with Gasteiger partial charge >= 0.3 is 0 Å². The third-order valence-electron chi connectivity index (χ3n) is 4.87. The van der Waals surface area contributed by atoms with Crippen molar-refractivity contribution < 1.29 is 4.74 Å². The molecule has 132 valence electrons. The Morgan fingerprint density at radius 2 is 2.11 bits per heavy atom. The molecule has 0 amide bonds. The average molecular weight is 356 g/mol. The molecular weight excluding hydrogens is 340 g/mol. The summed E-state index contributed by atoms with van der Waals surface area (Å²) < 4.78 is 9.85. The first kappa shape index (κ1) is 15.6. The van der Waals surface area contributed by atoms with Crippen LogP contribution in [0, 0.1) is 11.3 Å². The SMILES string of the molecule is Cn1cc(-n2ncc3ccc(OC4CCc5cc(C#N)cnc54)cc32)cn1. The molecule has 3 heterocycles. The van der Waals surface area contributed by atoms with E-state index in [2.05, 4.69) is 21.3 Å². The summed E-state index contributed by atoms with van der Waals surface area (Å²) >= 11 is 0. The highest BCUT2D eigenvalue weighted by Crippen LogP contribution is 2.35. The number of ether oxygens (including phenoxy) is 1. The number of benzene rings is 1. The summed E-state index contributed by atoms with van der Waals surface area (Å²) in [4.78, 5) is 4.45. The van der Waals surface area contributed by atoms with Crippen LogP contribution in [0.15, 0.2) is 49.1 Å². The predicted octanol–water partition coefficient (Wildman–Crippen LogP) is 3.09. The van der Waals surface area contributed by atoms with E-state index in [9.17, 15) is 0 Å². The van der Waals surface area contributed by atoms with Gasteiger partial charge in [0.2, 0.25) is 0 Å². The summed E-state index contributed by atoms with van der Waals surface area (Å²) in [7, 11) is 1.88. The first-order valence-corrected chi connectivity index (χ1v) is 8.73. The lowest BCUT2D eigenvalue weighted by atomic mass is 10.2. The van der Waals surface area contributed by atoms with Crippen molar-refractivity contribution in [2.75, 3.05) is 0 Å². The van der Waals surface area contributed by atoms with Gasteiger partial charge in [-0.1, -0.05) is 0 Å². The van der Waals surface area contributed by atoms with Crippen molar-refractivity contribution in [3.63, 3.8) is 0 Å². The number of hydrogen-bond acceptors (Lipinski definition) is 5. The second-order valence-corrected chi connectivity index (χ2v) is 6.67. The number of nitrogens with zero attached hydrogens (tertiary/aromatic N) is 6. The van der Waals surface area contributed by atoms with Crippen molar-refractivity contribution in [3.8, 4) is 17.5 Å². The molecule has 1 aliphatic rings. The second kappa shape index (κ2) is 5.95. The van der Waals surface area contributed by atoms with E-state index >= 15 is 0 Å². The van der Waals surface area contributed by atoms with E-state index in [1.165, 1.54) is 0 Å². The maximum Gasteiger partial charge on any atom is 0.141 e. The zero-order valence-electron chi connectivity index (χ0n) is 14.7. The molecule has 0 aliphatic heterocycles. The molecule has 1 unspecified atom stereocenters. The van der Waals surface area contributed by atoms with Gasteiger partial charge in [-0.3, -0.25) is 9.67 Å². The maximum absolute atomic E-state index is 9.04. The molecule has 1 atom stereocenters. The Hall–Kier alpha value is -3.66. The number of hydrogen-bond donors (Lipinski definition) is 0. The molecule has 0 fully saturated rings. The van der Waals surface area contributed by atoms with Crippen LogP contribution in [-0.4, -0.2) is 24.5 Å². The molecule has 0 spiro atoms. The Kier molecular flexibility index (Phi) is 3.44. The minimum absolute atomic E-state index is 0.0973. The molecule has 7 nitrogen and oxygen atoms in total. The van der Waals surface area contributed by atoms with Crippen molar-refractivity contribution in [2.24, 2.45) is 7.05 Å². The lowest BCUT2D eigenvalue weighted by molar-refractivity contribution is 0.203. The van der Waals surface area contributed by atoms with Gasteiger partial charge in [-0.15, -0.1) is 0 Å². The van der Waals surface area contributed by atoms with Crippen LogP contribution in [0.1, 0.15) is 29.3 Å². The Morgan fingerprint density at radius 3 is 2.93 bits per heavy atom. The predicted molar refractivity (Wildman–Crippen MR) is 98.5 cm³/mol. The monoisotopic (exact) mass is 356 g/mol. The molecule has 5 rings (SSSR count). The van der Waals surface area contributed by atoms with E-state index in [0.29, 0.717) is 5.56 Å². The summed E-state index contributed by atoms with van der Waals surface area (Å²) in [5.74, 6) is 0.775. The van der Waals surface area contributed by atoms with Crippen LogP contribution >= 0.6 is 0 Å². The van der Waals surface area contributed by atoms with Crippen molar-refractivity contribution in [2.45, 2.75) is 18.9 Å². The van der Waals surface area contributed by atoms with Crippen LogP contribution < -0.4 is 4.74 Å². The van der Waals surface area contributed by atoms with Crippen molar-refractivity contribution in [3.05, 3.63) is 65.9 Å². The van der Waals surface area contributed by atoms with Crippen LogP contribution in [0.4, 0.5) is 0 Å². The average Bonchev–Trinajstić information content (AvgIpc) is 3.39. The summed E-state index contributed by atoms with van der Waals surface area (Å²) in [6.45, 7) is 0. The van der Waals surface area contributed by atoms with E-state index in [4.69, 9.17) is 10.00 Å². The Morgan fingerprint density at radius 1 is 1.19 bits per heavy atom. The Bertz CT molecular complexity index is 1200. The molecule has 0 radical (unpaired) electrons. The van der Waals surface area contributed by atoms with Crippen molar-refractivity contribution in [1.82, 2.24) is 24.5 Å². The molecule has 0 saturated carbocycles. The largest absolute Gasteiger partial charge is 0.484 e. The first-order valence-electron chi connectivity index (χ1n) is 8.73. The lowest BCUT2D eigenvalue weighted by Crippen LogP contribution is -2.05. The topological polar surface area (TPSA) is 81.5 Å². The minimum Gasteiger partial charge on any atom is -0.484 e. The number of aryl methyl sites for hydroxylation is 2. The third kappa shape index (κ3) is 2.62. The quantitative estimate of drug-likeness (QED) is 0.563. The summed E-state index contributed by atoms with van der Waals surface area (Å²) in [5.41, 5.74) is 4.49. The molecular formula is C20H16N6O. The number of fused-ring (bicyclic) bond motifs is 2. The van der Waals surface area contributed by atoms with Crippen LogP contribution in [0.2, 0.25) is 0 Å². The van der Waals surface area contributed by atoms with Gasteiger partial charge in [-0.2, -0.15) is 15.5 Å². The Labute approximate surface area is 155 Å². The van der Waals surface area contributed by atoms with Gasteiger partial charge in [0.1, 0.15) is 23.6 Å². The molecule has 1 aliphatic carbocycles. The van der Waals surface area contributed by atoms with Crippen LogP contribution in [-0.2, 0) is 13.5 Å². The smallest absolute Gasteiger partial charge is 0.141 e. The number of pyridine rings is 1. The van der Waals surface area contributed by atoms with Gasteiger partial charge < -0.3 is 4.74 Å². The van der Waals surface area contributed by atoms with Crippen LogP contribution in [0.3, 0.4) is 0 Å². The van der Waals surface area contributed by atoms with Crippen molar-refractivity contribution in [1.29, 1.82) is 5.26 Å². The maximum atomic E-state index is 9.04. The molecule has 0 N–H and O–H groups in total. The fourth-order valence-electron chi connectivity index (χ4n) is 3.57. The zero-order chi connectivity index (χ0) is 18.4. The van der Waals surface area contributed by atoms with Gasteiger partial charge in [-0.05, 0) is 36.6 Å². The molecule has 7 heteroatoms. The highest BCUT2D eigenvalue weighted by Gasteiger charge is 2.26. The van der Waals surface area contributed by atoms with E-state index in [1.54, 1.807) is 17.1 Å². The molecule has 1 aromatic carbocycles. The summed E-state index contributed by atoms with van der Waals surface area (Å²) in [5, 5.41) is 18.8. The normalized spacial score (nSPS) is 15.6. The van der Waals surface area contributed by atoms with Crippen molar-refractivity contribution >= 4 is 10.9 Å². The van der Waals surface area contributed by atoms with E-state index in [1.807, 2.05) is 48.4 Å². The van der Waals surface area contributed by atoms with E-state index < -0.39 is 0 Å². The van der Waals surface area contributed by atoms with Gasteiger partial charge in [0, 0.05) is 24.7 Å². The number of rotatable bonds is 3. The third-order valence-corrected chi connectivity index (χ3v) is 4.87. The lowest BCUT2D eigenvalue weighted by Gasteiger charge is -2.14. The fraction of sp³-hybridized carbons (Fsp3) is 0.200. The number of nitriles is 1. The Balaban J connectivity index is 1.48. The van der Waals surface area contributed by atoms with Gasteiger partial charge in [0.25, 0.3) is 0 Å². The van der Waals surface area contributed by atoms with Crippen LogP contribution in [0.25, 0.3) is 16.6 Å². The summed E-state index contributed by atoms with van der Waals surface area (Å²) in [6.07, 6.45) is 8.78. The first-order chi connectivity index (χ1) is 13.2. The van der Waals surface area contributed by atoms with Gasteiger partial charge in [0.05, 0.1) is 35.4 Å². The van der Waals surface area contributed by atoms with Crippen LogP contribution in [0.5, 0.6) is 5.75 Å². The van der Waals surface area contributed by atoms with Gasteiger partial charge in [0.15, 0.2) is 0 Å². The van der Waals surface area contributed by atoms with E-state index in [0.717, 1.165) is 46.4 Å². The molecule has 3 aromatic heterocycles. The molecule has 27 heavy (non-hydrogen) atoms. The highest BCUT2D eigenvalue weighted by atomic mass is 16.5. The molecule has 4 aromatic rings. The summed E-state index contributed by atoms with van der Waals surface area (Å²) in [6, 6.07) is 10.0. The minimum atomic E-state index is -0.0973. The van der Waals surface area contributed by atoms with Gasteiger partial charge in [-0.25, -0.2) is 4.68 Å². The molecule has 0 saturated heterocycles. The second-order valence-electron chi connectivity index (χ2n) is 6.67. The molecule has 0 bridgehead atoms.